The fraction of sp³-hybridized carbons (Fsp3) is 0.359. The number of ether oxygens (including phenoxy) is 2. The zero-order valence-corrected chi connectivity index (χ0v) is 48.7. The van der Waals surface area contributed by atoms with Gasteiger partial charge in [0.05, 0.1) is 28.2 Å². The van der Waals surface area contributed by atoms with Gasteiger partial charge in [0.15, 0.2) is 28.9 Å². The van der Waals surface area contributed by atoms with Gasteiger partial charge in [-0.05, 0) is 104 Å². The number of amides is 8. The van der Waals surface area contributed by atoms with Crippen LogP contribution in [0.1, 0.15) is 114 Å². The van der Waals surface area contributed by atoms with E-state index in [1.807, 2.05) is 42.5 Å². The van der Waals surface area contributed by atoms with E-state index in [0.717, 1.165) is 4.91 Å². The predicted octanol–water partition coefficient (Wildman–Crippen LogP) is 4.67. The molecule has 22 nitrogen and oxygen atoms in total. The van der Waals surface area contributed by atoms with Crippen LogP contribution in [0, 0.1) is 29.6 Å². The average Bonchev–Trinajstić information content (AvgIpc) is 1.49. The minimum atomic E-state index is -1.72. The molecule has 8 amide bonds. The Labute approximate surface area is 505 Å². The first-order valence-corrected chi connectivity index (χ1v) is 29.4. The van der Waals surface area contributed by atoms with Crippen molar-refractivity contribution in [3.63, 3.8) is 0 Å². The van der Waals surface area contributed by atoms with Crippen LogP contribution in [0.3, 0.4) is 0 Å². The number of thioether (sulfide) groups is 1. The predicted molar refractivity (Wildman–Crippen MR) is 321 cm³/mol. The molecule has 2 bridgehead atoms. The van der Waals surface area contributed by atoms with Gasteiger partial charge in [0, 0.05) is 59.8 Å². The van der Waals surface area contributed by atoms with Crippen molar-refractivity contribution in [2.45, 2.75) is 126 Å². The van der Waals surface area contributed by atoms with Crippen LogP contribution >= 0.6 is 11.8 Å². The lowest BCUT2D eigenvalue weighted by atomic mass is 9.69. The third-order valence-corrected chi connectivity index (χ3v) is 16.8. The molecule has 87 heavy (non-hydrogen) atoms. The summed E-state index contributed by atoms with van der Waals surface area (Å²) < 4.78 is 11.7. The number of hydrogen-bond acceptors (Lipinski definition) is 16. The van der Waals surface area contributed by atoms with Crippen molar-refractivity contribution < 1.29 is 67.9 Å². The second kappa shape index (κ2) is 27.0. The number of phenolic OH excluding ortho intramolecular Hbond substituents is 1. The molecule has 3 aliphatic carbocycles. The number of carbonyl (C=O) groups is 9. The minimum absolute atomic E-state index is 0.0176. The largest absolute Gasteiger partial charge is 0.507 e. The normalized spacial score (nSPS) is 23.0. The highest BCUT2D eigenvalue weighted by Crippen LogP contribution is 2.67. The van der Waals surface area contributed by atoms with E-state index in [1.165, 1.54) is 53.9 Å². The fourth-order valence-electron chi connectivity index (χ4n) is 11.2. The first-order chi connectivity index (χ1) is 41.7. The highest BCUT2D eigenvalue weighted by molar-refractivity contribution is 8.04. The summed E-state index contributed by atoms with van der Waals surface area (Å²) in [5.74, 6) is 6.95. The van der Waals surface area contributed by atoms with E-state index in [9.17, 15) is 58.5 Å². The van der Waals surface area contributed by atoms with Crippen LogP contribution in [0.4, 0.5) is 21.0 Å². The molecule has 3 heterocycles. The first kappa shape index (κ1) is 62.3. The summed E-state index contributed by atoms with van der Waals surface area (Å²) in [6.07, 6.45) is 14.6. The molecule has 9 rings (SSSR count). The lowest BCUT2D eigenvalue weighted by Crippen LogP contribution is -2.54. The Morgan fingerprint density at radius 2 is 1.57 bits per heavy atom. The molecular weight excluding hydrogens is 1140 g/mol. The molecule has 0 aromatic heterocycles. The molecule has 11 N–H and O–H groups in total. The standard InChI is InChI=1S/C64H66N8O14S/c1-36(2)54(71-50(76)22-14-9-15-30-72-51(77)33-47(60(72)82)87-41-17-10-5-4-6-11-18-41)59(81)69-45(19-16-29-66-61(65)83)58(80)68-40-26-23-38(24-27-40)35-85-62(84)67-34-39-25-28-42-43(31-39)57(79)52-46(74)32-44-55(53(52)56(42)78)70-48-20-12-7-8-13-21-49(75)64(44)63(48,86-64)37(3)73/h4-8,10-11,17-18,23-28,31-32,36-37,45,47-49,54,70,73-75H,9,14-16,19,22,29-30,33-35H2,1-3H3,(H,67,84)(H,68,80)(H,69,81)(H,71,76)(H3,65,66,83)/b5-4-,6-4?,8-7-,10-5?,11-6-,17-10?,18-11?,41-17?,41-18?/t37-,45+,47?,48+,49-,54+,63+,64+/m1/s1. The zero-order valence-electron chi connectivity index (χ0n) is 47.9. The molecule has 3 aliphatic heterocycles. The van der Waals surface area contributed by atoms with Crippen LogP contribution in [0.5, 0.6) is 5.75 Å². The third kappa shape index (κ3) is 13.4. The van der Waals surface area contributed by atoms with E-state index in [1.54, 1.807) is 44.2 Å². The van der Waals surface area contributed by atoms with Gasteiger partial charge in [0.2, 0.25) is 29.5 Å². The van der Waals surface area contributed by atoms with Gasteiger partial charge in [-0.2, -0.15) is 0 Å². The smallest absolute Gasteiger partial charge is 0.407 e. The number of carbonyl (C=O) groups excluding carboxylic acids is 9. The maximum Gasteiger partial charge on any atom is 0.407 e. The van der Waals surface area contributed by atoms with Gasteiger partial charge in [-0.25, -0.2) is 9.59 Å². The number of nitrogens with two attached hydrogens (primary N) is 1. The number of anilines is 2. The average molecular weight is 1200 g/mol. The van der Waals surface area contributed by atoms with E-state index in [0.29, 0.717) is 36.1 Å². The van der Waals surface area contributed by atoms with Gasteiger partial charge in [0.25, 0.3) is 0 Å². The Balaban J connectivity index is 0.749. The van der Waals surface area contributed by atoms with Crippen LogP contribution in [0.15, 0.2) is 108 Å². The van der Waals surface area contributed by atoms with Gasteiger partial charge in [-0.3, -0.25) is 38.5 Å². The number of benzene rings is 3. The lowest BCUT2D eigenvalue weighted by molar-refractivity contribution is -0.138. The van der Waals surface area contributed by atoms with Crippen molar-refractivity contribution >= 4 is 76.4 Å². The van der Waals surface area contributed by atoms with Crippen LogP contribution in [-0.4, -0.2) is 128 Å². The molecule has 3 aromatic carbocycles. The quantitative estimate of drug-likeness (QED) is 0.0159. The third-order valence-electron chi connectivity index (χ3n) is 15.7. The van der Waals surface area contributed by atoms with Crippen molar-refractivity contribution in [1.82, 2.24) is 26.2 Å². The van der Waals surface area contributed by atoms with E-state index < -0.39 is 88.0 Å². The number of alkyl carbamates (subject to hydrolysis) is 1. The monoisotopic (exact) mass is 1200 g/mol. The molecule has 0 saturated carbocycles. The van der Waals surface area contributed by atoms with Crippen molar-refractivity contribution in [2.24, 2.45) is 11.7 Å². The topological polar surface area (TPSA) is 338 Å². The molecule has 2 fully saturated rings. The number of hydrogen-bond donors (Lipinski definition) is 10. The van der Waals surface area contributed by atoms with Crippen molar-refractivity contribution in [3.8, 4) is 29.4 Å². The number of phenols is 1. The van der Waals surface area contributed by atoms with Crippen molar-refractivity contribution in [2.75, 3.05) is 23.7 Å². The Morgan fingerprint density at radius 1 is 0.851 bits per heavy atom. The Hall–Kier alpha value is -9.26. The molecule has 0 radical (unpaired) electrons. The van der Waals surface area contributed by atoms with Crippen LogP contribution in [0.2, 0.25) is 0 Å². The number of ketones is 2. The molecular formula is C64H66N8O14S. The number of urea groups is 1. The van der Waals surface area contributed by atoms with E-state index >= 15 is 0 Å². The molecule has 2 saturated heterocycles. The molecule has 1 unspecified atom stereocenters. The van der Waals surface area contributed by atoms with E-state index in [-0.39, 0.29) is 109 Å². The molecule has 8 atom stereocenters. The van der Waals surface area contributed by atoms with Crippen LogP contribution < -0.4 is 37.6 Å². The number of unbranched alkanes of at least 4 members (excludes halogenated alkanes) is 2. The number of allylic oxidation sites excluding steroid dienone is 9. The number of epoxide rings is 1. The van der Waals surface area contributed by atoms with Gasteiger partial charge in [0.1, 0.15) is 30.5 Å². The number of nitrogens with zero attached hydrogens (tertiary/aromatic N) is 1. The Kier molecular flexibility index (Phi) is 19.3. The van der Waals surface area contributed by atoms with Crippen molar-refractivity contribution in [1.29, 1.82) is 0 Å². The second-order valence-corrected chi connectivity index (χ2v) is 23.2. The number of fused-ring (bicyclic) bond motifs is 4. The highest BCUT2D eigenvalue weighted by atomic mass is 32.2. The van der Waals surface area contributed by atoms with Gasteiger partial charge in [-0.1, -0.05) is 92.5 Å². The molecule has 23 heteroatoms. The number of aliphatic hydroxyl groups excluding tert-OH is 2. The maximum atomic E-state index is 14.4. The van der Waals surface area contributed by atoms with Crippen LogP contribution in [-0.2, 0) is 52.2 Å². The number of aromatic hydroxyl groups is 1. The Bertz CT molecular complexity index is 3610. The highest BCUT2D eigenvalue weighted by Gasteiger charge is 2.82. The summed E-state index contributed by atoms with van der Waals surface area (Å²) in [5.41, 5.74) is 3.07. The number of primary amides is 1. The lowest BCUT2D eigenvalue weighted by Gasteiger charge is -2.37. The molecule has 6 aliphatic rings. The molecule has 0 spiro atoms. The minimum Gasteiger partial charge on any atom is -0.507 e. The van der Waals surface area contributed by atoms with E-state index in [4.69, 9.17) is 15.2 Å². The fourth-order valence-corrected chi connectivity index (χ4v) is 12.3. The SMILES string of the molecule is CC(C)[C@H](NC(=O)CCCCCN1C(=O)CC(SC2=C/C=C\C=C/C=C2)C1=O)C(=O)N[C@@H](CCCNC(N)=O)C(=O)Nc1ccc(COC(=O)NCc2ccc3c(c2)C(=O)c2c(O)cc4c(c2C3=O)N[C@H]2C#C/C=C\C#C[C@@H](O)[C@@]43O[C@@]23[C@@H](C)O)cc1. The molecule has 452 valence electrons. The van der Waals surface area contributed by atoms with E-state index in [2.05, 4.69) is 55.6 Å². The van der Waals surface area contributed by atoms with Gasteiger partial charge in [-0.15, -0.1) is 11.8 Å². The van der Waals surface area contributed by atoms with Gasteiger partial charge >= 0.3 is 12.1 Å². The number of aliphatic hydroxyl groups is 2. The first-order valence-electron chi connectivity index (χ1n) is 28.5. The number of nitrogens with one attached hydrogen (secondary N) is 6. The summed E-state index contributed by atoms with van der Waals surface area (Å²) in [7, 11) is 0. The Morgan fingerprint density at radius 3 is 2.32 bits per heavy atom. The summed E-state index contributed by atoms with van der Waals surface area (Å²) >= 11 is 1.35. The summed E-state index contributed by atoms with van der Waals surface area (Å²) in [6, 6.07) is 8.14. The maximum absolute atomic E-state index is 14.4. The second-order valence-electron chi connectivity index (χ2n) is 21.9. The number of imide groups is 1. The number of likely N-dealkylation sites (tertiary alicyclic amines) is 1. The number of rotatable bonds is 23. The van der Waals surface area contributed by atoms with Gasteiger partial charge < -0.3 is 62.4 Å². The van der Waals surface area contributed by atoms with Crippen LogP contribution in [0.25, 0.3) is 0 Å². The summed E-state index contributed by atoms with van der Waals surface area (Å²) in [6.45, 7) is 5.02. The molecule has 3 aromatic rings. The van der Waals surface area contributed by atoms with Crippen molar-refractivity contribution in [3.05, 3.63) is 147 Å². The summed E-state index contributed by atoms with van der Waals surface area (Å²) in [5, 5.41) is 50.0. The zero-order chi connectivity index (χ0) is 62.2. The summed E-state index contributed by atoms with van der Waals surface area (Å²) in [4.78, 5) is 122.